The van der Waals surface area contributed by atoms with Crippen LogP contribution in [0.2, 0.25) is 0 Å². The van der Waals surface area contributed by atoms with Gasteiger partial charge in [-0.05, 0) is 29.7 Å². The number of hydrogen-bond acceptors (Lipinski definition) is 4. The monoisotopic (exact) mass is 378 g/mol. The maximum atomic E-state index is 12.8. The number of anilines is 2. The van der Waals surface area contributed by atoms with Gasteiger partial charge in [0.05, 0.1) is 6.54 Å². The highest BCUT2D eigenvalue weighted by Crippen LogP contribution is 2.19. The number of nitrogens with one attached hydrogen (secondary N) is 1. The van der Waals surface area contributed by atoms with E-state index >= 15 is 0 Å². The molecule has 0 atom stereocenters. The Morgan fingerprint density at radius 1 is 1.04 bits per heavy atom. The molecule has 0 aliphatic rings. The van der Waals surface area contributed by atoms with Crippen LogP contribution in [0.5, 0.6) is 0 Å². The first-order chi connectivity index (χ1) is 13.4. The number of aromatic nitrogens is 2. The van der Waals surface area contributed by atoms with Gasteiger partial charge in [0, 0.05) is 12.6 Å². The van der Waals surface area contributed by atoms with Gasteiger partial charge in [0.2, 0.25) is 0 Å². The second-order valence-corrected chi connectivity index (χ2v) is 6.48. The summed E-state index contributed by atoms with van der Waals surface area (Å²) in [6.07, 6.45) is 0.862. The molecule has 3 aromatic rings. The normalized spacial score (nSPS) is 10.6. The molecular formula is C21H22N4O3. The van der Waals surface area contributed by atoms with Crippen LogP contribution in [0.15, 0.2) is 64.2 Å². The number of nitrogen functional groups attached to an aromatic ring is 1. The standard InChI is InChI=1S/C21H22N4O3/c1-3-14-9-11-16(12-10-14)20(27)24(2)17-18(22)25(21(28)23-19(17)26)13-15-7-5-4-6-8-15/h4-12H,3,13,22H2,1-2H3,(H,23,26,28). The van der Waals surface area contributed by atoms with Crippen LogP contribution in [-0.4, -0.2) is 22.5 Å². The van der Waals surface area contributed by atoms with Crippen molar-refractivity contribution in [1.29, 1.82) is 0 Å². The van der Waals surface area contributed by atoms with Crippen LogP contribution in [-0.2, 0) is 13.0 Å². The number of aryl methyl sites for hydroxylation is 1. The lowest BCUT2D eigenvalue weighted by Crippen LogP contribution is -2.39. The number of amides is 1. The summed E-state index contributed by atoms with van der Waals surface area (Å²) >= 11 is 0. The lowest BCUT2D eigenvalue weighted by atomic mass is 10.1. The number of nitrogens with two attached hydrogens (primary N) is 1. The van der Waals surface area contributed by atoms with Crippen molar-refractivity contribution in [2.45, 2.75) is 19.9 Å². The molecular weight excluding hydrogens is 356 g/mol. The van der Waals surface area contributed by atoms with Gasteiger partial charge < -0.3 is 10.6 Å². The highest BCUT2D eigenvalue weighted by Gasteiger charge is 2.22. The molecule has 0 unspecified atom stereocenters. The summed E-state index contributed by atoms with van der Waals surface area (Å²) in [7, 11) is 1.47. The van der Waals surface area contributed by atoms with Crippen molar-refractivity contribution in [3.05, 3.63) is 92.1 Å². The van der Waals surface area contributed by atoms with Gasteiger partial charge in [-0.2, -0.15) is 0 Å². The average Bonchev–Trinajstić information content (AvgIpc) is 2.71. The van der Waals surface area contributed by atoms with E-state index in [-0.39, 0.29) is 24.0 Å². The van der Waals surface area contributed by atoms with Crippen molar-refractivity contribution in [1.82, 2.24) is 9.55 Å². The van der Waals surface area contributed by atoms with E-state index < -0.39 is 11.2 Å². The van der Waals surface area contributed by atoms with E-state index in [1.807, 2.05) is 49.4 Å². The predicted molar refractivity (Wildman–Crippen MR) is 110 cm³/mol. The first-order valence-electron chi connectivity index (χ1n) is 8.96. The topological polar surface area (TPSA) is 101 Å². The number of benzene rings is 2. The predicted octanol–water partition coefficient (Wildman–Crippen LogP) is 2.01. The molecule has 7 nitrogen and oxygen atoms in total. The summed E-state index contributed by atoms with van der Waals surface area (Å²) in [6, 6.07) is 16.4. The Labute approximate surface area is 162 Å². The van der Waals surface area contributed by atoms with Crippen LogP contribution in [0.25, 0.3) is 0 Å². The summed E-state index contributed by atoms with van der Waals surface area (Å²) in [5.41, 5.74) is 7.15. The molecule has 0 saturated heterocycles. The van der Waals surface area contributed by atoms with Crippen LogP contribution in [0, 0.1) is 0 Å². The van der Waals surface area contributed by atoms with Crippen molar-refractivity contribution in [2.24, 2.45) is 0 Å². The zero-order chi connectivity index (χ0) is 20.3. The fourth-order valence-corrected chi connectivity index (χ4v) is 3.00. The quantitative estimate of drug-likeness (QED) is 0.709. The molecule has 28 heavy (non-hydrogen) atoms. The van der Waals surface area contributed by atoms with Gasteiger partial charge in [-0.1, -0.05) is 49.4 Å². The summed E-state index contributed by atoms with van der Waals surface area (Å²) in [6.45, 7) is 2.21. The third-order valence-corrected chi connectivity index (χ3v) is 4.65. The number of H-pyrrole nitrogens is 1. The van der Waals surface area contributed by atoms with E-state index in [1.54, 1.807) is 12.1 Å². The molecule has 2 aromatic carbocycles. The van der Waals surface area contributed by atoms with E-state index in [0.29, 0.717) is 5.56 Å². The highest BCUT2D eigenvalue weighted by molar-refractivity contribution is 6.06. The molecule has 3 N–H and O–H groups in total. The van der Waals surface area contributed by atoms with Crippen LogP contribution in [0.4, 0.5) is 11.5 Å². The second kappa shape index (κ2) is 7.96. The molecule has 0 radical (unpaired) electrons. The Kier molecular flexibility index (Phi) is 5.44. The summed E-state index contributed by atoms with van der Waals surface area (Å²) in [4.78, 5) is 40.9. The molecule has 3 rings (SSSR count). The minimum atomic E-state index is -0.701. The fourth-order valence-electron chi connectivity index (χ4n) is 3.00. The molecule has 7 heteroatoms. The first-order valence-corrected chi connectivity index (χ1v) is 8.96. The van der Waals surface area contributed by atoms with Crippen molar-refractivity contribution in [3.8, 4) is 0 Å². The molecule has 0 aliphatic carbocycles. The van der Waals surface area contributed by atoms with Crippen molar-refractivity contribution < 1.29 is 4.79 Å². The molecule has 0 fully saturated rings. The lowest BCUT2D eigenvalue weighted by Gasteiger charge is -2.20. The van der Waals surface area contributed by atoms with Crippen LogP contribution in [0.1, 0.15) is 28.4 Å². The Bertz CT molecular complexity index is 1100. The zero-order valence-corrected chi connectivity index (χ0v) is 15.8. The number of rotatable bonds is 5. The minimum absolute atomic E-state index is 0.0555. The zero-order valence-electron chi connectivity index (χ0n) is 15.8. The van der Waals surface area contributed by atoms with Crippen molar-refractivity contribution in [2.75, 3.05) is 17.7 Å². The van der Waals surface area contributed by atoms with Crippen LogP contribution < -0.4 is 21.9 Å². The average molecular weight is 378 g/mol. The number of carbonyl (C=O) groups excluding carboxylic acids is 1. The Morgan fingerprint density at radius 3 is 2.29 bits per heavy atom. The second-order valence-electron chi connectivity index (χ2n) is 6.48. The van der Waals surface area contributed by atoms with E-state index in [9.17, 15) is 14.4 Å². The smallest absolute Gasteiger partial charge is 0.330 e. The Hall–Kier alpha value is -3.61. The molecule has 0 bridgehead atoms. The number of hydrogen-bond donors (Lipinski definition) is 2. The molecule has 144 valence electrons. The van der Waals surface area contributed by atoms with Gasteiger partial charge in [0.25, 0.3) is 11.5 Å². The number of carbonyl (C=O) groups is 1. The molecule has 1 aromatic heterocycles. The van der Waals surface area contributed by atoms with Gasteiger partial charge >= 0.3 is 5.69 Å². The van der Waals surface area contributed by atoms with Gasteiger partial charge in [0.15, 0.2) is 5.69 Å². The van der Waals surface area contributed by atoms with E-state index in [4.69, 9.17) is 5.73 Å². The van der Waals surface area contributed by atoms with E-state index in [0.717, 1.165) is 17.5 Å². The molecule has 0 saturated carbocycles. The van der Waals surface area contributed by atoms with Crippen LogP contribution in [0.3, 0.4) is 0 Å². The van der Waals surface area contributed by atoms with Crippen molar-refractivity contribution in [3.63, 3.8) is 0 Å². The molecule has 0 spiro atoms. The third-order valence-electron chi connectivity index (χ3n) is 4.65. The molecule has 1 heterocycles. The van der Waals surface area contributed by atoms with E-state index in [2.05, 4.69) is 4.98 Å². The molecule has 0 aliphatic heterocycles. The van der Waals surface area contributed by atoms with E-state index in [1.165, 1.54) is 16.5 Å². The number of nitrogens with zero attached hydrogens (tertiary/aromatic N) is 2. The maximum absolute atomic E-state index is 12.8. The van der Waals surface area contributed by atoms with Gasteiger partial charge in [0.1, 0.15) is 5.82 Å². The van der Waals surface area contributed by atoms with Gasteiger partial charge in [-0.25, -0.2) is 4.79 Å². The molecule has 1 amide bonds. The van der Waals surface area contributed by atoms with Gasteiger partial charge in [-0.3, -0.25) is 19.1 Å². The number of aromatic amines is 1. The summed E-state index contributed by atoms with van der Waals surface area (Å²) in [5, 5.41) is 0. The fraction of sp³-hybridized carbons (Fsp3) is 0.190. The van der Waals surface area contributed by atoms with Crippen molar-refractivity contribution >= 4 is 17.4 Å². The summed E-state index contributed by atoms with van der Waals surface area (Å²) < 4.78 is 1.25. The first kappa shape index (κ1) is 19.2. The lowest BCUT2D eigenvalue weighted by molar-refractivity contribution is 0.0992. The highest BCUT2D eigenvalue weighted by atomic mass is 16.2. The Morgan fingerprint density at radius 2 is 1.68 bits per heavy atom. The van der Waals surface area contributed by atoms with Gasteiger partial charge in [-0.15, -0.1) is 0 Å². The largest absolute Gasteiger partial charge is 0.383 e. The minimum Gasteiger partial charge on any atom is -0.383 e. The summed E-state index contributed by atoms with van der Waals surface area (Å²) in [5.74, 6) is -0.441. The van der Waals surface area contributed by atoms with Crippen LogP contribution >= 0.6 is 0 Å². The maximum Gasteiger partial charge on any atom is 0.330 e. The third kappa shape index (κ3) is 3.73. The SMILES string of the molecule is CCc1ccc(C(=O)N(C)c2c(N)n(Cc3ccccc3)c(=O)[nH]c2=O)cc1. The Balaban J connectivity index is 2.00.